The lowest BCUT2D eigenvalue weighted by atomic mass is 9.51. The standard InChI is InChI=1S/C26H42O6/c1-3-14-11-18-15(6-7-17-16(18)8-10-26(2)9-4-5-19(17)26)12-20(14)31-25-24(30)23(29)22(28)21(13-27)32-25/h15-19,21-25,27-30H,3-13H2,1-2H3/t15?,16-,17+,18-,19-,21+,22+,23-,24+,25+,26-/m0/s1. The van der Waals surface area contributed by atoms with Gasteiger partial charge in [0.05, 0.1) is 12.4 Å². The summed E-state index contributed by atoms with van der Waals surface area (Å²) < 4.78 is 11.8. The first-order valence-electron chi connectivity index (χ1n) is 13.0. The van der Waals surface area contributed by atoms with E-state index in [0.717, 1.165) is 48.7 Å². The van der Waals surface area contributed by atoms with Gasteiger partial charge in [-0.3, -0.25) is 0 Å². The third-order valence-electron chi connectivity index (χ3n) is 10.2. The average Bonchev–Trinajstić information content (AvgIpc) is 3.20. The monoisotopic (exact) mass is 450 g/mol. The first-order valence-corrected chi connectivity index (χ1v) is 13.0. The molecule has 0 amide bonds. The summed E-state index contributed by atoms with van der Waals surface area (Å²) in [6.45, 7) is 4.29. The van der Waals surface area contributed by atoms with Crippen LogP contribution in [0, 0.1) is 35.0 Å². The molecular formula is C26H42O6. The molecule has 6 nitrogen and oxygen atoms in total. The van der Waals surface area contributed by atoms with Crippen LogP contribution in [0.3, 0.4) is 0 Å². The summed E-state index contributed by atoms with van der Waals surface area (Å²) in [4.78, 5) is 0. The highest BCUT2D eigenvalue weighted by Gasteiger charge is 2.54. The van der Waals surface area contributed by atoms with E-state index in [1.165, 1.54) is 50.5 Å². The zero-order valence-corrected chi connectivity index (χ0v) is 19.7. The van der Waals surface area contributed by atoms with E-state index < -0.39 is 37.3 Å². The van der Waals surface area contributed by atoms with Crippen molar-refractivity contribution in [2.45, 2.75) is 109 Å². The molecule has 0 aromatic heterocycles. The Morgan fingerprint density at radius 1 is 0.938 bits per heavy atom. The van der Waals surface area contributed by atoms with Crippen LogP contribution in [-0.4, -0.2) is 57.7 Å². The maximum absolute atomic E-state index is 10.4. The van der Waals surface area contributed by atoms with Gasteiger partial charge in [0, 0.05) is 6.42 Å². The Hall–Kier alpha value is -0.660. The number of allylic oxidation sites excluding steroid dienone is 2. The maximum atomic E-state index is 10.4. The SMILES string of the molecule is CCC1=C(O[C@@H]2O[C@H](CO)[C@@H](O)[C@H](O)[C@H]2O)CC2CC[C@@H]3[C@H](CC[C@]4(C)CCC[C@@H]34)[C@H]2C1. The summed E-state index contributed by atoms with van der Waals surface area (Å²) >= 11 is 0. The van der Waals surface area contributed by atoms with Crippen LogP contribution < -0.4 is 0 Å². The van der Waals surface area contributed by atoms with Crippen LogP contribution in [0.15, 0.2) is 11.3 Å². The van der Waals surface area contributed by atoms with E-state index >= 15 is 0 Å². The molecule has 0 radical (unpaired) electrons. The normalized spacial score (nSPS) is 51.1. The Morgan fingerprint density at radius 2 is 1.75 bits per heavy atom. The largest absolute Gasteiger partial charge is 0.466 e. The van der Waals surface area contributed by atoms with Crippen molar-refractivity contribution in [3.8, 4) is 0 Å². The van der Waals surface area contributed by atoms with Gasteiger partial charge < -0.3 is 29.9 Å². The molecule has 5 aliphatic rings. The molecule has 1 saturated heterocycles. The number of rotatable bonds is 4. The van der Waals surface area contributed by atoms with Gasteiger partial charge in [0.1, 0.15) is 24.4 Å². The molecule has 4 aliphatic carbocycles. The Balaban J connectivity index is 1.33. The Kier molecular flexibility index (Phi) is 6.38. The zero-order chi connectivity index (χ0) is 22.6. The van der Waals surface area contributed by atoms with Gasteiger partial charge in [-0.05, 0) is 91.9 Å². The molecule has 5 rings (SSSR count). The molecule has 1 unspecified atom stereocenters. The molecule has 4 N–H and O–H groups in total. The van der Waals surface area contributed by atoms with Gasteiger partial charge in [0.2, 0.25) is 6.29 Å². The highest BCUT2D eigenvalue weighted by Crippen LogP contribution is 2.62. The van der Waals surface area contributed by atoms with Crippen molar-refractivity contribution in [1.82, 2.24) is 0 Å². The van der Waals surface area contributed by atoms with Gasteiger partial charge in [-0.2, -0.15) is 0 Å². The van der Waals surface area contributed by atoms with E-state index in [2.05, 4.69) is 13.8 Å². The van der Waals surface area contributed by atoms with Crippen LogP contribution in [0.25, 0.3) is 0 Å². The number of hydrogen-bond acceptors (Lipinski definition) is 6. The number of aliphatic hydroxyl groups is 4. The Bertz CT molecular complexity index is 721. The fraction of sp³-hybridized carbons (Fsp3) is 0.923. The first kappa shape index (κ1) is 23.1. The lowest BCUT2D eigenvalue weighted by molar-refractivity contribution is -0.293. The van der Waals surface area contributed by atoms with E-state index in [1.54, 1.807) is 0 Å². The fourth-order valence-corrected chi connectivity index (χ4v) is 8.36. The minimum Gasteiger partial charge on any atom is -0.466 e. The van der Waals surface area contributed by atoms with Gasteiger partial charge in [0.15, 0.2) is 0 Å². The zero-order valence-electron chi connectivity index (χ0n) is 19.7. The molecule has 182 valence electrons. The third kappa shape index (κ3) is 3.74. The van der Waals surface area contributed by atoms with Crippen molar-refractivity contribution in [3.05, 3.63) is 11.3 Å². The summed E-state index contributed by atoms with van der Waals surface area (Å²) in [5.41, 5.74) is 1.90. The topological polar surface area (TPSA) is 99.4 Å². The summed E-state index contributed by atoms with van der Waals surface area (Å²) in [5, 5.41) is 40.1. The average molecular weight is 451 g/mol. The highest BCUT2D eigenvalue weighted by molar-refractivity contribution is 5.18. The minimum atomic E-state index is -1.40. The second-order valence-electron chi connectivity index (χ2n) is 11.6. The van der Waals surface area contributed by atoms with Crippen LogP contribution in [-0.2, 0) is 9.47 Å². The Morgan fingerprint density at radius 3 is 2.50 bits per heavy atom. The summed E-state index contributed by atoms with van der Waals surface area (Å²) in [6, 6.07) is 0. The molecule has 6 heteroatoms. The van der Waals surface area contributed by atoms with E-state index in [0.29, 0.717) is 11.3 Å². The second-order valence-corrected chi connectivity index (χ2v) is 11.6. The number of aliphatic hydroxyl groups excluding tert-OH is 4. The molecule has 0 bridgehead atoms. The lowest BCUT2D eigenvalue weighted by Crippen LogP contribution is -2.59. The molecule has 1 heterocycles. The van der Waals surface area contributed by atoms with Crippen LogP contribution in [0.5, 0.6) is 0 Å². The number of hydrogen-bond donors (Lipinski definition) is 4. The van der Waals surface area contributed by atoms with Crippen molar-refractivity contribution < 1.29 is 29.9 Å². The minimum absolute atomic E-state index is 0.432. The van der Waals surface area contributed by atoms with Crippen LogP contribution in [0.4, 0.5) is 0 Å². The van der Waals surface area contributed by atoms with Crippen molar-refractivity contribution in [2.75, 3.05) is 6.61 Å². The fourth-order valence-electron chi connectivity index (χ4n) is 8.36. The van der Waals surface area contributed by atoms with Crippen molar-refractivity contribution in [2.24, 2.45) is 35.0 Å². The Labute approximate surface area is 192 Å². The third-order valence-corrected chi connectivity index (χ3v) is 10.2. The van der Waals surface area contributed by atoms with Gasteiger partial charge in [-0.15, -0.1) is 0 Å². The molecule has 3 saturated carbocycles. The van der Waals surface area contributed by atoms with Gasteiger partial charge >= 0.3 is 0 Å². The predicted molar refractivity (Wildman–Crippen MR) is 119 cm³/mol. The summed E-state index contributed by atoms with van der Waals surface area (Å²) in [6.07, 6.45) is 6.37. The van der Waals surface area contributed by atoms with E-state index in [1.807, 2.05) is 0 Å². The number of ether oxygens (including phenoxy) is 2. The smallest absolute Gasteiger partial charge is 0.228 e. The molecule has 0 aromatic rings. The lowest BCUT2D eigenvalue weighted by Gasteiger charge is -2.55. The molecule has 0 aromatic carbocycles. The van der Waals surface area contributed by atoms with Gasteiger partial charge in [-0.1, -0.05) is 20.3 Å². The molecule has 1 aliphatic heterocycles. The molecule has 11 atom stereocenters. The molecule has 0 spiro atoms. The van der Waals surface area contributed by atoms with Crippen LogP contribution in [0.1, 0.15) is 78.1 Å². The molecule has 32 heavy (non-hydrogen) atoms. The predicted octanol–water partition coefficient (Wildman–Crippen LogP) is 3.12. The number of fused-ring (bicyclic) bond motifs is 5. The second kappa shape index (κ2) is 8.84. The molecule has 4 fully saturated rings. The molecular weight excluding hydrogens is 408 g/mol. The van der Waals surface area contributed by atoms with Crippen molar-refractivity contribution in [1.29, 1.82) is 0 Å². The van der Waals surface area contributed by atoms with Gasteiger partial charge in [0.25, 0.3) is 0 Å². The van der Waals surface area contributed by atoms with Gasteiger partial charge in [-0.25, -0.2) is 0 Å². The van der Waals surface area contributed by atoms with Crippen molar-refractivity contribution >= 4 is 0 Å². The maximum Gasteiger partial charge on any atom is 0.228 e. The van der Waals surface area contributed by atoms with Crippen LogP contribution in [0.2, 0.25) is 0 Å². The highest BCUT2D eigenvalue weighted by atomic mass is 16.7. The van der Waals surface area contributed by atoms with E-state index in [9.17, 15) is 20.4 Å². The van der Waals surface area contributed by atoms with Crippen molar-refractivity contribution in [3.63, 3.8) is 0 Å². The summed E-state index contributed by atoms with van der Waals surface area (Å²) in [7, 11) is 0. The first-order chi connectivity index (χ1) is 15.4. The van der Waals surface area contributed by atoms with E-state index in [-0.39, 0.29) is 0 Å². The quantitative estimate of drug-likeness (QED) is 0.525. The summed E-state index contributed by atoms with van der Waals surface area (Å²) in [5.74, 6) is 4.89. The van der Waals surface area contributed by atoms with E-state index in [4.69, 9.17) is 9.47 Å². The van der Waals surface area contributed by atoms with Crippen LogP contribution >= 0.6 is 0 Å².